The zero-order chi connectivity index (χ0) is 13.2. The second-order valence-corrected chi connectivity index (χ2v) is 4.81. The number of ether oxygens (including phenoxy) is 1. The quantitative estimate of drug-likeness (QED) is 0.652. The Bertz CT molecular complexity index is 792. The number of hydrogen-bond acceptors (Lipinski definition) is 5. The maximum Gasteiger partial charge on any atom is 0.247 e. The Morgan fingerprint density at radius 2 is 2.16 bits per heavy atom. The fraction of sp³-hybridized carbons (Fsp3) is 0. The van der Waals surface area contributed by atoms with Crippen LogP contribution in [0.1, 0.15) is 5.76 Å². The van der Waals surface area contributed by atoms with Gasteiger partial charge in [0.25, 0.3) is 0 Å². The molecule has 0 unspecified atom stereocenters. The molecule has 0 spiro atoms. The number of para-hydroxylation sites is 1. The Morgan fingerprint density at radius 3 is 2.95 bits per heavy atom. The summed E-state index contributed by atoms with van der Waals surface area (Å²) in [6, 6.07) is 9.31. The minimum absolute atomic E-state index is 0.135. The van der Waals surface area contributed by atoms with Crippen molar-refractivity contribution in [3.05, 3.63) is 46.1 Å². The SMILES string of the molecule is N#Cc1oc2ccccc2c1Oc1ncncc1I. The van der Waals surface area contributed by atoms with E-state index in [0.717, 1.165) is 8.96 Å². The Morgan fingerprint density at radius 1 is 1.32 bits per heavy atom. The van der Waals surface area contributed by atoms with Gasteiger partial charge >= 0.3 is 0 Å². The van der Waals surface area contributed by atoms with Crippen LogP contribution in [0.4, 0.5) is 0 Å². The first-order valence-electron chi connectivity index (χ1n) is 5.34. The number of fused-ring (bicyclic) bond motifs is 1. The second kappa shape index (κ2) is 4.85. The van der Waals surface area contributed by atoms with E-state index in [9.17, 15) is 0 Å². The third-order valence-corrected chi connectivity index (χ3v) is 3.22. The lowest BCUT2D eigenvalue weighted by Crippen LogP contribution is -1.92. The summed E-state index contributed by atoms with van der Waals surface area (Å²) in [5, 5.41) is 9.85. The number of halogens is 1. The largest absolute Gasteiger partial charge is 0.442 e. The highest BCUT2D eigenvalue weighted by atomic mass is 127. The van der Waals surface area contributed by atoms with Crippen molar-refractivity contribution in [3.63, 3.8) is 0 Å². The van der Waals surface area contributed by atoms with E-state index in [2.05, 4.69) is 32.6 Å². The van der Waals surface area contributed by atoms with Crippen molar-refractivity contribution >= 4 is 33.6 Å². The lowest BCUT2D eigenvalue weighted by molar-refractivity contribution is 0.446. The molecule has 19 heavy (non-hydrogen) atoms. The van der Waals surface area contributed by atoms with Crippen LogP contribution in [0.15, 0.2) is 41.2 Å². The average molecular weight is 363 g/mol. The van der Waals surface area contributed by atoms with Crippen LogP contribution >= 0.6 is 22.6 Å². The van der Waals surface area contributed by atoms with Crippen molar-refractivity contribution in [2.24, 2.45) is 0 Å². The third kappa shape index (κ3) is 2.13. The molecular weight excluding hydrogens is 357 g/mol. The molecular formula is C13H6IN3O2. The Balaban J connectivity index is 2.15. The van der Waals surface area contributed by atoms with Crippen LogP contribution in [-0.2, 0) is 0 Å². The normalized spacial score (nSPS) is 10.3. The summed E-state index contributed by atoms with van der Waals surface area (Å²) in [7, 11) is 0. The van der Waals surface area contributed by atoms with Crippen molar-refractivity contribution in [2.45, 2.75) is 0 Å². The van der Waals surface area contributed by atoms with Gasteiger partial charge in [-0.2, -0.15) is 5.26 Å². The van der Waals surface area contributed by atoms with Gasteiger partial charge in [-0.25, -0.2) is 9.97 Å². The minimum atomic E-state index is 0.135. The van der Waals surface area contributed by atoms with E-state index in [1.807, 2.05) is 24.3 Å². The van der Waals surface area contributed by atoms with Gasteiger partial charge in [-0.05, 0) is 34.7 Å². The Kier molecular flexibility index (Phi) is 3.05. The Hall–Kier alpha value is -2.14. The number of rotatable bonds is 2. The first kappa shape index (κ1) is 11.9. The number of nitriles is 1. The lowest BCUT2D eigenvalue weighted by Gasteiger charge is -2.03. The summed E-state index contributed by atoms with van der Waals surface area (Å²) >= 11 is 2.07. The van der Waals surface area contributed by atoms with E-state index in [1.165, 1.54) is 6.33 Å². The van der Waals surface area contributed by atoms with Gasteiger partial charge in [0.1, 0.15) is 18.0 Å². The van der Waals surface area contributed by atoms with Gasteiger partial charge in [0.15, 0.2) is 5.75 Å². The highest BCUT2D eigenvalue weighted by Crippen LogP contribution is 2.36. The zero-order valence-corrected chi connectivity index (χ0v) is 11.7. The van der Waals surface area contributed by atoms with Crippen LogP contribution in [-0.4, -0.2) is 9.97 Å². The van der Waals surface area contributed by atoms with Gasteiger partial charge < -0.3 is 9.15 Å². The topological polar surface area (TPSA) is 71.9 Å². The van der Waals surface area contributed by atoms with Crippen molar-refractivity contribution < 1.29 is 9.15 Å². The van der Waals surface area contributed by atoms with Gasteiger partial charge in [0.05, 0.1) is 8.96 Å². The van der Waals surface area contributed by atoms with Crippen molar-refractivity contribution in [3.8, 4) is 17.7 Å². The Labute approximate surface area is 122 Å². The fourth-order valence-electron chi connectivity index (χ4n) is 1.67. The van der Waals surface area contributed by atoms with Crippen LogP contribution in [0.5, 0.6) is 11.6 Å². The number of benzene rings is 1. The predicted molar refractivity (Wildman–Crippen MR) is 75.8 cm³/mol. The standard InChI is InChI=1S/C13H6IN3O2/c14-9-6-16-7-17-13(9)19-12-8-3-1-2-4-10(8)18-11(12)5-15/h1-4,6-7H. The van der Waals surface area contributed by atoms with Crippen LogP contribution in [0.25, 0.3) is 11.0 Å². The predicted octanol–water partition coefficient (Wildman–Crippen LogP) is 3.49. The van der Waals surface area contributed by atoms with E-state index < -0.39 is 0 Å². The maximum absolute atomic E-state index is 9.11. The summed E-state index contributed by atoms with van der Waals surface area (Å²) in [6.45, 7) is 0. The molecule has 0 saturated carbocycles. The van der Waals surface area contributed by atoms with Crippen molar-refractivity contribution in [2.75, 3.05) is 0 Å². The lowest BCUT2D eigenvalue weighted by atomic mass is 10.2. The molecule has 5 nitrogen and oxygen atoms in total. The van der Waals surface area contributed by atoms with Gasteiger partial charge in [-0.15, -0.1) is 0 Å². The van der Waals surface area contributed by atoms with E-state index in [1.54, 1.807) is 12.3 Å². The number of aromatic nitrogens is 2. The van der Waals surface area contributed by atoms with Crippen LogP contribution in [0.2, 0.25) is 0 Å². The van der Waals surface area contributed by atoms with Gasteiger partial charge in [-0.3, -0.25) is 0 Å². The molecule has 0 atom stereocenters. The summed E-state index contributed by atoms with van der Waals surface area (Å²) in [5.41, 5.74) is 0.609. The summed E-state index contributed by atoms with van der Waals surface area (Å²) in [5.74, 6) is 0.920. The summed E-state index contributed by atoms with van der Waals surface area (Å²) in [6.07, 6.45) is 3.03. The molecule has 3 aromatic rings. The van der Waals surface area contributed by atoms with Crippen molar-refractivity contribution in [1.29, 1.82) is 5.26 Å². The molecule has 2 heterocycles. The molecule has 0 aliphatic heterocycles. The van der Waals surface area contributed by atoms with Gasteiger partial charge in [0.2, 0.25) is 11.6 Å². The molecule has 6 heteroatoms. The minimum Gasteiger partial charge on any atom is -0.442 e. The molecule has 0 fully saturated rings. The summed E-state index contributed by atoms with van der Waals surface area (Å²) < 4.78 is 11.9. The van der Waals surface area contributed by atoms with E-state index in [-0.39, 0.29) is 5.76 Å². The number of hydrogen-bond donors (Lipinski definition) is 0. The highest BCUT2D eigenvalue weighted by Gasteiger charge is 2.17. The molecule has 0 aliphatic carbocycles. The van der Waals surface area contributed by atoms with E-state index >= 15 is 0 Å². The monoisotopic (exact) mass is 363 g/mol. The molecule has 2 aromatic heterocycles. The summed E-state index contributed by atoms with van der Waals surface area (Å²) in [4.78, 5) is 7.94. The molecule has 3 rings (SSSR count). The molecule has 92 valence electrons. The van der Waals surface area contributed by atoms with Crippen molar-refractivity contribution in [1.82, 2.24) is 9.97 Å². The molecule has 0 amide bonds. The average Bonchev–Trinajstić information content (AvgIpc) is 2.79. The number of furan rings is 1. The molecule has 0 bridgehead atoms. The van der Waals surface area contributed by atoms with E-state index in [4.69, 9.17) is 14.4 Å². The molecule has 0 aliphatic rings. The molecule has 1 aromatic carbocycles. The van der Waals surface area contributed by atoms with E-state index in [0.29, 0.717) is 17.2 Å². The first-order chi connectivity index (χ1) is 9.29. The fourth-order valence-corrected chi connectivity index (χ4v) is 2.08. The van der Waals surface area contributed by atoms with Gasteiger partial charge in [-0.1, -0.05) is 12.1 Å². The zero-order valence-electron chi connectivity index (χ0n) is 9.50. The van der Waals surface area contributed by atoms with Crippen LogP contribution in [0.3, 0.4) is 0 Å². The highest BCUT2D eigenvalue weighted by molar-refractivity contribution is 14.1. The van der Waals surface area contributed by atoms with Crippen LogP contribution < -0.4 is 4.74 Å². The maximum atomic E-state index is 9.11. The molecule has 0 saturated heterocycles. The second-order valence-electron chi connectivity index (χ2n) is 3.65. The molecule has 0 radical (unpaired) electrons. The third-order valence-electron chi connectivity index (χ3n) is 2.48. The smallest absolute Gasteiger partial charge is 0.247 e. The van der Waals surface area contributed by atoms with Crippen LogP contribution in [0, 0.1) is 14.9 Å². The number of nitrogens with zero attached hydrogens (tertiary/aromatic N) is 3. The first-order valence-corrected chi connectivity index (χ1v) is 6.42. The molecule has 0 N–H and O–H groups in total. The van der Waals surface area contributed by atoms with Gasteiger partial charge in [0, 0.05) is 6.20 Å².